The van der Waals surface area contributed by atoms with Gasteiger partial charge in [0.25, 0.3) is 0 Å². The number of hydrogen-bond donors (Lipinski definition) is 2. The lowest BCUT2D eigenvalue weighted by Crippen LogP contribution is -2.30. The summed E-state index contributed by atoms with van der Waals surface area (Å²) in [6.07, 6.45) is 4.40. The predicted molar refractivity (Wildman–Crippen MR) is 101 cm³/mol. The first-order valence-corrected chi connectivity index (χ1v) is 8.58. The molecule has 0 bridgehead atoms. The van der Waals surface area contributed by atoms with E-state index in [-0.39, 0.29) is 6.03 Å². The van der Waals surface area contributed by atoms with E-state index in [9.17, 15) is 4.79 Å². The molecule has 5 nitrogen and oxygen atoms in total. The number of aromatic nitrogens is 1. The van der Waals surface area contributed by atoms with Gasteiger partial charge < -0.3 is 15.4 Å². The summed E-state index contributed by atoms with van der Waals surface area (Å²) in [5.74, 6) is 0.769. The minimum atomic E-state index is -0.221. The lowest BCUT2D eigenvalue weighted by Gasteiger charge is -2.21. The number of ether oxygens (including phenoxy) is 1. The van der Waals surface area contributed by atoms with E-state index in [1.807, 2.05) is 60.8 Å². The molecule has 4 rings (SSSR count). The number of carbonyl (C=O) groups is 1. The SMILES string of the molecule is O=C(NCCc1ccccc1)Nc1ccc2c(c1)OCc1cnccc1-2. The predicted octanol–water partition coefficient (Wildman–Crippen LogP) is 4.01. The standard InChI is InChI=1S/C21H19N3O2/c25-21(23-11-8-15-4-2-1-3-5-15)24-17-6-7-19-18-9-10-22-13-16(18)14-26-20(19)12-17/h1-7,9-10,12-13H,8,11,14H2,(H2,23,24,25). The molecule has 2 heterocycles. The Balaban J connectivity index is 1.38. The van der Waals surface area contributed by atoms with Gasteiger partial charge in [0.15, 0.2) is 0 Å². The molecule has 0 fully saturated rings. The molecule has 2 N–H and O–H groups in total. The zero-order valence-corrected chi connectivity index (χ0v) is 14.2. The van der Waals surface area contributed by atoms with Crippen molar-refractivity contribution in [1.82, 2.24) is 10.3 Å². The number of nitrogens with one attached hydrogen (secondary N) is 2. The van der Waals surface area contributed by atoms with Crippen LogP contribution in [0.5, 0.6) is 5.75 Å². The summed E-state index contributed by atoms with van der Waals surface area (Å²) in [4.78, 5) is 16.2. The topological polar surface area (TPSA) is 63.2 Å². The maximum atomic E-state index is 12.1. The molecule has 2 amide bonds. The van der Waals surface area contributed by atoms with E-state index < -0.39 is 0 Å². The summed E-state index contributed by atoms with van der Waals surface area (Å²) in [5.41, 5.74) is 5.12. The van der Waals surface area contributed by atoms with Crippen LogP contribution in [-0.2, 0) is 13.0 Å². The highest BCUT2D eigenvalue weighted by atomic mass is 16.5. The fourth-order valence-corrected chi connectivity index (χ4v) is 3.04. The minimum absolute atomic E-state index is 0.221. The van der Waals surface area contributed by atoms with Crippen molar-refractivity contribution in [3.05, 3.63) is 78.1 Å². The molecule has 26 heavy (non-hydrogen) atoms. The molecular formula is C21H19N3O2. The summed E-state index contributed by atoms with van der Waals surface area (Å²) in [5, 5.41) is 5.74. The summed E-state index contributed by atoms with van der Waals surface area (Å²) in [7, 11) is 0. The average Bonchev–Trinajstić information content (AvgIpc) is 2.68. The highest BCUT2D eigenvalue weighted by Crippen LogP contribution is 2.38. The Morgan fingerprint density at radius 2 is 1.96 bits per heavy atom. The third kappa shape index (κ3) is 3.52. The van der Waals surface area contributed by atoms with Gasteiger partial charge in [-0.2, -0.15) is 0 Å². The van der Waals surface area contributed by atoms with Gasteiger partial charge in [0.1, 0.15) is 12.4 Å². The summed E-state index contributed by atoms with van der Waals surface area (Å²) < 4.78 is 5.80. The Labute approximate surface area is 152 Å². The smallest absolute Gasteiger partial charge is 0.319 e. The van der Waals surface area contributed by atoms with Crippen LogP contribution in [0, 0.1) is 0 Å². The molecule has 3 aromatic rings. The highest BCUT2D eigenvalue weighted by Gasteiger charge is 2.17. The van der Waals surface area contributed by atoms with Crippen LogP contribution >= 0.6 is 0 Å². The number of rotatable bonds is 4. The second kappa shape index (κ2) is 7.27. The van der Waals surface area contributed by atoms with E-state index in [4.69, 9.17) is 4.74 Å². The fourth-order valence-electron chi connectivity index (χ4n) is 3.04. The molecule has 0 saturated carbocycles. The molecular weight excluding hydrogens is 326 g/mol. The number of urea groups is 1. The quantitative estimate of drug-likeness (QED) is 0.751. The molecule has 1 aromatic heterocycles. The molecule has 0 atom stereocenters. The van der Waals surface area contributed by atoms with Crippen LogP contribution < -0.4 is 15.4 Å². The van der Waals surface area contributed by atoms with Crippen molar-refractivity contribution in [3.63, 3.8) is 0 Å². The average molecular weight is 345 g/mol. The van der Waals surface area contributed by atoms with Crippen LogP contribution in [0.3, 0.4) is 0 Å². The molecule has 0 saturated heterocycles. The van der Waals surface area contributed by atoms with E-state index in [2.05, 4.69) is 15.6 Å². The number of anilines is 1. The molecule has 0 spiro atoms. The van der Waals surface area contributed by atoms with Crippen LogP contribution in [-0.4, -0.2) is 17.6 Å². The molecule has 1 aliphatic rings. The van der Waals surface area contributed by atoms with Gasteiger partial charge in [-0.15, -0.1) is 0 Å². The fraction of sp³-hybridized carbons (Fsp3) is 0.143. The minimum Gasteiger partial charge on any atom is -0.488 e. The van der Waals surface area contributed by atoms with Gasteiger partial charge in [0.2, 0.25) is 0 Å². The summed E-state index contributed by atoms with van der Waals surface area (Å²) >= 11 is 0. The maximum absolute atomic E-state index is 12.1. The first-order chi connectivity index (χ1) is 12.8. The van der Waals surface area contributed by atoms with E-state index in [1.54, 1.807) is 6.20 Å². The van der Waals surface area contributed by atoms with Crippen molar-refractivity contribution in [3.8, 4) is 16.9 Å². The van der Waals surface area contributed by atoms with E-state index in [0.29, 0.717) is 18.8 Å². The molecule has 1 aliphatic heterocycles. The van der Waals surface area contributed by atoms with Gasteiger partial charge in [0.05, 0.1) is 0 Å². The number of benzene rings is 2. The second-order valence-corrected chi connectivity index (χ2v) is 6.15. The molecule has 0 unspecified atom stereocenters. The van der Waals surface area contributed by atoms with Crippen molar-refractivity contribution in [2.75, 3.05) is 11.9 Å². The number of fused-ring (bicyclic) bond motifs is 3. The van der Waals surface area contributed by atoms with Crippen molar-refractivity contribution >= 4 is 11.7 Å². The molecule has 0 aliphatic carbocycles. The highest BCUT2D eigenvalue weighted by molar-refractivity contribution is 5.90. The molecule has 5 heteroatoms. The third-order valence-corrected chi connectivity index (χ3v) is 4.36. The number of hydrogen-bond acceptors (Lipinski definition) is 3. The Kier molecular flexibility index (Phi) is 4.51. The normalized spacial score (nSPS) is 11.7. The van der Waals surface area contributed by atoms with Gasteiger partial charge >= 0.3 is 6.03 Å². The zero-order chi connectivity index (χ0) is 17.8. The monoisotopic (exact) mass is 345 g/mol. The van der Waals surface area contributed by atoms with E-state index >= 15 is 0 Å². The number of nitrogens with zero attached hydrogens (tertiary/aromatic N) is 1. The summed E-state index contributed by atoms with van der Waals surface area (Å²) in [6, 6.07) is 17.5. The summed E-state index contributed by atoms with van der Waals surface area (Å²) in [6.45, 7) is 1.07. The Hall–Kier alpha value is -3.34. The first kappa shape index (κ1) is 16.1. The van der Waals surface area contributed by atoms with Gasteiger partial charge in [-0.3, -0.25) is 4.98 Å². The zero-order valence-electron chi connectivity index (χ0n) is 14.2. The number of carbonyl (C=O) groups excluding carboxylic acids is 1. The van der Waals surface area contributed by atoms with Crippen molar-refractivity contribution in [1.29, 1.82) is 0 Å². The van der Waals surface area contributed by atoms with E-state index in [1.165, 1.54) is 5.56 Å². The van der Waals surface area contributed by atoms with Gasteiger partial charge in [-0.25, -0.2) is 4.79 Å². The van der Waals surface area contributed by atoms with E-state index in [0.717, 1.165) is 28.9 Å². The van der Waals surface area contributed by atoms with Gasteiger partial charge in [-0.05, 0) is 35.7 Å². The maximum Gasteiger partial charge on any atom is 0.319 e. The Morgan fingerprint density at radius 3 is 2.85 bits per heavy atom. The second-order valence-electron chi connectivity index (χ2n) is 6.15. The molecule has 0 radical (unpaired) electrons. The number of pyridine rings is 1. The van der Waals surface area contributed by atoms with Crippen molar-refractivity contribution in [2.45, 2.75) is 13.0 Å². The largest absolute Gasteiger partial charge is 0.488 e. The Morgan fingerprint density at radius 1 is 1.08 bits per heavy atom. The Bertz CT molecular complexity index is 926. The lowest BCUT2D eigenvalue weighted by molar-refractivity contribution is 0.252. The van der Waals surface area contributed by atoms with Crippen LogP contribution in [0.1, 0.15) is 11.1 Å². The van der Waals surface area contributed by atoms with Crippen LogP contribution in [0.25, 0.3) is 11.1 Å². The lowest BCUT2D eigenvalue weighted by atomic mass is 9.99. The van der Waals surface area contributed by atoms with Crippen LogP contribution in [0.2, 0.25) is 0 Å². The first-order valence-electron chi connectivity index (χ1n) is 8.58. The van der Waals surface area contributed by atoms with Crippen LogP contribution in [0.15, 0.2) is 67.0 Å². The third-order valence-electron chi connectivity index (χ3n) is 4.36. The number of amides is 2. The molecule has 2 aromatic carbocycles. The van der Waals surface area contributed by atoms with Crippen molar-refractivity contribution < 1.29 is 9.53 Å². The molecule has 130 valence electrons. The van der Waals surface area contributed by atoms with Crippen molar-refractivity contribution in [2.24, 2.45) is 0 Å². The van der Waals surface area contributed by atoms with Crippen LogP contribution in [0.4, 0.5) is 10.5 Å². The van der Waals surface area contributed by atoms with Gasteiger partial charge in [0, 0.05) is 41.8 Å². The van der Waals surface area contributed by atoms with Gasteiger partial charge in [-0.1, -0.05) is 30.3 Å².